The lowest BCUT2D eigenvalue weighted by molar-refractivity contribution is -0.116. The first-order valence-electron chi connectivity index (χ1n) is 8.81. The fourth-order valence-corrected chi connectivity index (χ4v) is 3.03. The van der Waals surface area contributed by atoms with Gasteiger partial charge in [0.05, 0.1) is 5.75 Å². The predicted molar refractivity (Wildman–Crippen MR) is 95.0 cm³/mol. The molecule has 0 aliphatic rings. The van der Waals surface area contributed by atoms with Crippen LogP contribution in [0.25, 0.3) is 0 Å². The fraction of sp³-hybridized carbons (Fsp3) is 0.824. The summed E-state index contributed by atoms with van der Waals surface area (Å²) < 4.78 is 29.6. The third-order valence-corrected chi connectivity index (χ3v) is 4.62. The minimum absolute atomic E-state index is 0.0945. The van der Waals surface area contributed by atoms with Crippen LogP contribution in [0.5, 0.6) is 0 Å². The van der Waals surface area contributed by atoms with E-state index in [1.807, 2.05) is 0 Å². The van der Waals surface area contributed by atoms with Gasteiger partial charge in [-0.05, 0) is 18.9 Å². The Morgan fingerprint density at radius 3 is 1.61 bits per heavy atom. The molecular formula is C17H33NO4S. The second-order valence-corrected chi connectivity index (χ2v) is 7.60. The standard InChI is InChI=1S/C17H33NO4S/c1-2-17(19)18-15-13-11-9-7-5-3-4-6-8-10-12-14-16-23(20,21)22/h2H,1,3-16H2,(H,18,19)(H,20,21,22). The summed E-state index contributed by atoms with van der Waals surface area (Å²) in [5.74, 6) is -0.201. The molecule has 0 saturated heterocycles. The van der Waals surface area contributed by atoms with Crippen molar-refractivity contribution < 1.29 is 17.8 Å². The van der Waals surface area contributed by atoms with Crippen molar-refractivity contribution in [2.24, 2.45) is 0 Å². The Morgan fingerprint density at radius 2 is 1.22 bits per heavy atom. The summed E-state index contributed by atoms with van der Waals surface area (Å²) in [6.45, 7) is 4.15. The molecule has 0 bridgehead atoms. The van der Waals surface area contributed by atoms with Crippen molar-refractivity contribution in [2.75, 3.05) is 12.3 Å². The van der Waals surface area contributed by atoms with Crippen molar-refractivity contribution in [3.8, 4) is 0 Å². The molecule has 0 unspecified atom stereocenters. The fourth-order valence-electron chi connectivity index (χ4n) is 2.46. The molecule has 0 radical (unpaired) electrons. The van der Waals surface area contributed by atoms with Crippen LogP contribution >= 0.6 is 0 Å². The van der Waals surface area contributed by atoms with Crippen molar-refractivity contribution in [3.63, 3.8) is 0 Å². The number of carbonyl (C=O) groups is 1. The van der Waals surface area contributed by atoms with Gasteiger partial charge in [-0.3, -0.25) is 9.35 Å². The average molecular weight is 348 g/mol. The third kappa shape index (κ3) is 19.1. The van der Waals surface area contributed by atoms with Gasteiger partial charge in [-0.1, -0.05) is 70.8 Å². The molecule has 0 aliphatic carbocycles. The summed E-state index contributed by atoms with van der Waals surface area (Å²) in [4.78, 5) is 10.9. The zero-order valence-corrected chi connectivity index (χ0v) is 15.1. The number of amides is 1. The first-order valence-corrected chi connectivity index (χ1v) is 10.4. The highest BCUT2D eigenvalue weighted by Crippen LogP contribution is 2.12. The minimum atomic E-state index is -3.77. The number of nitrogens with one attached hydrogen (secondary N) is 1. The second kappa shape index (κ2) is 14.7. The number of rotatable bonds is 16. The van der Waals surface area contributed by atoms with Crippen LogP contribution in [0, 0.1) is 0 Å². The summed E-state index contributed by atoms with van der Waals surface area (Å²) in [6.07, 6.45) is 14.6. The lowest BCUT2D eigenvalue weighted by atomic mass is 10.1. The van der Waals surface area contributed by atoms with E-state index in [4.69, 9.17) is 4.55 Å². The van der Waals surface area contributed by atoms with Gasteiger partial charge in [0.25, 0.3) is 10.1 Å². The van der Waals surface area contributed by atoms with E-state index >= 15 is 0 Å². The van der Waals surface area contributed by atoms with Crippen molar-refractivity contribution in [1.29, 1.82) is 0 Å². The van der Waals surface area contributed by atoms with E-state index in [1.165, 1.54) is 44.6 Å². The molecule has 0 saturated carbocycles. The van der Waals surface area contributed by atoms with Crippen LogP contribution in [0.15, 0.2) is 12.7 Å². The minimum Gasteiger partial charge on any atom is -0.353 e. The molecule has 0 aromatic carbocycles. The van der Waals surface area contributed by atoms with E-state index in [9.17, 15) is 13.2 Å². The summed E-state index contributed by atoms with van der Waals surface area (Å²) in [5.41, 5.74) is 0. The van der Waals surface area contributed by atoms with Gasteiger partial charge >= 0.3 is 0 Å². The number of carbonyl (C=O) groups excluding carboxylic acids is 1. The maximum absolute atomic E-state index is 10.9. The highest BCUT2D eigenvalue weighted by molar-refractivity contribution is 7.85. The normalized spacial score (nSPS) is 11.3. The molecule has 0 aromatic rings. The Kier molecular flexibility index (Phi) is 14.1. The maximum atomic E-state index is 10.9. The van der Waals surface area contributed by atoms with Crippen molar-refractivity contribution in [3.05, 3.63) is 12.7 Å². The highest BCUT2D eigenvalue weighted by Gasteiger charge is 2.02. The maximum Gasteiger partial charge on any atom is 0.264 e. The zero-order chi connectivity index (χ0) is 17.4. The first-order chi connectivity index (χ1) is 11.0. The van der Waals surface area contributed by atoms with E-state index in [-0.39, 0.29) is 11.7 Å². The monoisotopic (exact) mass is 347 g/mol. The molecule has 136 valence electrons. The molecule has 0 heterocycles. The molecule has 6 heteroatoms. The molecular weight excluding hydrogens is 314 g/mol. The zero-order valence-electron chi connectivity index (χ0n) is 14.3. The second-order valence-electron chi connectivity index (χ2n) is 6.02. The van der Waals surface area contributed by atoms with Crippen LogP contribution in [-0.4, -0.2) is 31.2 Å². The molecule has 0 rings (SSSR count). The van der Waals surface area contributed by atoms with Gasteiger partial charge in [-0.25, -0.2) is 0 Å². The SMILES string of the molecule is C=CC(=O)NCCCCCCCCCCCCCCS(=O)(=O)O. The van der Waals surface area contributed by atoms with Gasteiger partial charge in [-0.15, -0.1) is 0 Å². The van der Waals surface area contributed by atoms with Crippen LogP contribution in [-0.2, 0) is 14.9 Å². The van der Waals surface area contributed by atoms with Gasteiger partial charge in [0.1, 0.15) is 0 Å². The van der Waals surface area contributed by atoms with Crippen LogP contribution in [0.2, 0.25) is 0 Å². The van der Waals surface area contributed by atoms with E-state index < -0.39 is 10.1 Å². The summed E-state index contributed by atoms with van der Waals surface area (Å²) in [7, 11) is -3.77. The Hall–Kier alpha value is -0.880. The van der Waals surface area contributed by atoms with E-state index in [0.29, 0.717) is 6.42 Å². The summed E-state index contributed by atoms with van der Waals surface area (Å²) in [6, 6.07) is 0. The quantitative estimate of drug-likeness (QED) is 0.252. The Bertz CT molecular complexity index is 407. The van der Waals surface area contributed by atoms with Gasteiger partial charge < -0.3 is 5.32 Å². The Morgan fingerprint density at radius 1 is 0.826 bits per heavy atom. The number of unbranched alkanes of at least 4 members (excludes halogenated alkanes) is 11. The molecule has 2 N–H and O–H groups in total. The van der Waals surface area contributed by atoms with Crippen LogP contribution < -0.4 is 5.32 Å². The Balaban J connectivity index is 3.11. The average Bonchev–Trinajstić information content (AvgIpc) is 2.49. The van der Waals surface area contributed by atoms with E-state index in [2.05, 4.69) is 11.9 Å². The molecule has 1 amide bonds. The Labute approximate surface area is 141 Å². The topological polar surface area (TPSA) is 83.5 Å². The van der Waals surface area contributed by atoms with Crippen molar-refractivity contribution >= 4 is 16.0 Å². The van der Waals surface area contributed by atoms with E-state index in [0.717, 1.165) is 38.6 Å². The lowest BCUT2D eigenvalue weighted by Crippen LogP contribution is -2.21. The van der Waals surface area contributed by atoms with Crippen LogP contribution in [0.3, 0.4) is 0 Å². The van der Waals surface area contributed by atoms with Gasteiger partial charge in [0.2, 0.25) is 5.91 Å². The highest BCUT2D eigenvalue weighted by atomic mass is 32.2. The van der Waals surface area contributed by atoms with Gasteiger partial charge in [-0.2, -0.15) is 8.42 Å². The molecule has 0 fully saturated rings. The van der Waals surface area contributed by atoms with Crippen LogP contribution in [0.4, 0.5) is 0 Å². The van der Waals surface area contributed by atoms with Crippen molar-refractivity contribution in [1.82, 2.24) is 5.32 Å². The summed E-state index contributed by atoms with van der Waals surface area (Å²) >= 11 is 0. The third-order valence-electron chi connectivity index (χ3n) is 3.81. The first kappa shape index (κ1) is 22.1. The number of hydrogen-bond acceptors (Lipinski definition) is 3. The predicted octanol–water partition coefficient (Wildman–Crippen LogP) is 3.86. The van der Waals surface area contributed by atoms with Crippen LogP contribution in [0.1, 0.15) is 77.0 Å². The van der Waals surface area contributed by atoms with Gasteiger partial charge in [0.15, 0.2) is 0 Å². The molecule has 0 aromatic heterocycles. The van der Waals surface area contributed by atoms with Crippen molar-refractivity contribution in [2.45, 2.75) is 77.0 Å². The molecule has 5 nitrogen and oxygen atoms in total. The van der Waals surface area contributed by atoms with E-state index in [1.54, 1.807) is 0 Å². The molecule has 0 atom stereocenters. The largest absolute Gasteiger partial charge is 0.353 e. The molecule has 0 aliphatic heterocycles. The molecule has 0 spiro atoms. The number of hydrogen-bond donors (Lipinski definition) is 2. The van der Waals surface area contributed by atoms with Gasteiger partial charge in [0, 0.05) is 6.54 Å². The molecule has 23 heavy (non-hydrogen) atoms. The lowest BCUT2D eigenvalue weighted by Gasteiger charge is -2.04. The summed E-state index contributed by atoms with van der Waals surface area (Å²) in [5, 5.41) is 2.78. The smallest absolute Gasteiger partial charge is 0.264 e.